The number of halogens is 2. The largest absolute Gasteiger partial charge is 0.434 e. The first-order chi connectivity index (χ1) is 12.2. The smallest absolute Gasteiger partial charge is 0.387 e. The van der Waals surface area contributed by atoms with Gasteiger partial charge in [-0.15, -0.1) is 0 Å². The van der Waals surface area contributed by atoms with Gasteiger partial charge >= 0.3 is 6.61 Å². The second-order valence-corrected chi connectivity index (χ2v) is 6.97. The molecule has 0 atom stereocenters. The third-order valence-corrected chi connectivity index (χ3v) is 5.41. The fourth-order valence-electron chi connectivity index (χ4n) is 4.02. The summed E-state index contributed by atoms with van der Waals surface area (Å²) in [7, 11) is 0. The maximum atomic E-state index is 12.6. The summed E-state index contributed by atoms with van der Waals surface area (Å²) in [5.74, 6) is 0.254. The van der Waals surface area contributed by atoms with Crippen LogP contribution in [0.5, 0.6) is 5.75 Å². The molecule has 0 radical (unpaired) electrons. The summed E-state index contributed by atoms with van der Waals surface area (Å²) in [4.78, 5) is 2.62. The van der Waals surface area contributed by atoms with Gasteiger partial charge in [-0.1, -0.05) is 24.6 Å². The Balaban J connectivity index is 1.62. The van der Waals surface area contributed by atoms with E-state index in [4.69, 9.17) is 4.74 Å². The molecule has 1 N–H and O–H groups in total. The molecule has 0 aromatic heterocycles. The molecule has 6 heteroatoms. The minimum Gasteiger partial charge on any atom is -0.434 e. The van der Waals surface area contributed by atoms with Crippen molar-refractivity contribution in [2.24, 2.45) is 0 Å². The lowest BCUT2D eigenvalue weighted by Crippen LogP contribution is -2.59. The Hall–Kier alpha value is -1.24. The second-order valence-electron chi connectivity index (χ2n) is 6.97. The van der Waals surface area contributed by atoms with Gasteiger partial charge in [0.1, 0.15) is 5.75 Å². The van der Waals surface area contributed by atoms with E-state index in [2.05, 4.69) is 15.0 Å². The monoisotopic (exact) mass is 354 g/mol. The van der Waals surface area contributed by atoms with Gasteiger partial charge in [0, 0.05) is 37.4 Å². The lowest BCUT2D eigenvalue weighted by atomic mass is 9.86. The number of rotatable bonds is 7. The minimum absolute atomic E-state index is 0.122. The second kappa shape index (κ2) is 8.92. The highest BCUT2D eigenvalue weighted by atomic mass is 19.3. The van der Waals surface area contributed by atoms with Crippen LogP contribution in [0.3, 0.4) is 0 Å². The highest BCUT2D eigenvalue weighted by molar-refractivity contribution is 5.33. The Morgan fingerprint density at radius 1 is 1.12 bits per heavy atom. The van der Waals surface area contributed by atoms with Crippen LogP contribution in [-0.2, 0) is 11.3 Å². The average molecular weight is 354 g/mol. The first-order valence-corrected chi connectivity index (χ1v) is 9.26. The van der Waals surface area contributed by atoms with E-state index in [0.29, 0.717) is 6.54 Å². The number of piperidine rings is 1. The van der Waals surface area contributed by atoms with Gasteiger partial charge in [-0.2, -0.15) is 8.78 Å². The van der Waals surface area contributed by atoms with Crippen molar-refractivity contribution in [3.05, 3.63) is 29.8 Å². The Morgan fingerprint density at radius 3 is 2.56 bits per heavy atom. The van der Waals surface area contributed by atoms with E-state index in [1.807, 2.05) is 12.1 Å². The van der Waals surface area contributed by atoms with Crippen LogP contribution in [0.2, 0.25) is 0 Å². The molecular weight excluding hydrogens is 326 g/mol. The Labute approximate surface area is 148 Å². The van der Waals surface area contributed by atoms with Crippen molar-refractivity contribution in [2.45, 2.75) is 50.8 Å². The first-order valence-electron chi connectivity index (χ1n) is 9.26. The third kappa shape index (κ3) is 4.90. The molecule has 0 amide bonds. The normalized spacial score (nSPS) is 21.4. The molecule has 0 unspecified atom stereocenters. The summed E-state index contributed by atoms with van der Waals surface area (Å²) in [5.41, 5.74) is 0.889. The number of alkyl halides is 2. The van der Waals surface area contributed by atoms with E-state index < -0.39 is 6.61 Å². The molecule has 3 rings (SSSR count). The van der Waals surface area contributed by atoms with E-state index in [9.17, 15) is 8.78 Å². The molecule has 2 aliphatic rings. The molecule has 2 heterocycles. The molecule has 140 valence electrons. The van der Waals surface area contributed by atoms with Crippen molar-refractivity contribution in [2.75, 3.05) is 32.8 Å². The van der Waals surface area contributed by atoms with Crippen LogP contribution in [-0.4, -0.2) is 49.9 Å². The molecule has 1 aromatic carbocycles. The van der Waals surface area contributed by atoms with Gasteiger partial charge in [-0.3, -0.25) is 4.90 Å². The van der Waals surface area contributed by atoms with E-state index >= 15 is 0 Å². The van der Waals surface area contributed by atoms with E-state index in [1.165, 1.54) is 19.3 Å². The molecule has 0 spiro atoms. The fraction of sp³-hybridized carbons (Fsp3) is 0.684. The standard InChI is InChI=1S/C19H28F2N2O2/c20-18(21)25-17-7-3-2-6-16(17)14-22-15-19(8-12-24-13-9-19)23-10-4-1-5-11-23/h2-3,6-7,18,22H,1,4-5,8-15H2. The molecule has 2 aliphatic heterocycles. The van der Waals surface area contributed by atoms with Gasteiger partial charge < -0.3 is 14.8 Å². The van der Waals surface area contributed by atoms with Crippen LogP contribution in [0.25, 0.3) is 0 Å². The summed E-state index contributed by atoms with van der Waals surface area (Å²) >= 11 is 0. The molecule has 0 bridgehead atoms. The first kappa shape index (κ1) is 18.5. The fourth-order valence-corrected chi connectivity index (χ4v) is 4.02. The van der Waals surface area contributed by atoms with Gasteiger partial charge in [0.2, 0.25) is 0 Å². The number of benzene rings is 1. The highest BCUT2D eigenvalue weighted by Crippen LogP contribution is 2.30. The van der Waals surface area contributed by atoms with Crippen LogP contribution in [0.15, 0.2) is 24.3 Å². The van der Waals surface area contributed by atoms with Crippen molar-refractivity contribution in [1.82, 2.24) is 10.2 Å². The quantitative estimate of drug-likeness (QED) is 0.814. The zero-order valence-electron chi connectivity index (χ0n) is 14.7. The molecule has 0 aliphatic carbocycles. The zero-order valence-corrected chi connectivity index (χ0v) is 14.7. The van der Waals surface area contributed by atoms with Crippen LogP contribution in [0, 0.1) is 0 Å². The SMILES string of the molecule is FC(F)Oc1ccccc1CNCC1(N2CCCCC2)CCOCC1. The van der Waals surface area contributed by atoms with Crippen molar-refractivity contribution in [1.29, 1.82) is 0 Å². The number of likely N-dealkylation sites (tertiary alicyclic amines) is 1. The van der Waals surface area contributed by atoms with Gasteiger partial charge in [-0.25, -0.2) is 0 Å². The van der Waals surface area contributed by atoms with Crippen molar-refractivity contribution >= 4 is 0 Å². The van der Waals surface area contributed by atoms with Crippen molar-refractivity contribution in [3.63, 3.8) is 0 Å². The third-order valence-electron chi connectivity index (χ3n) is 5.41. The van der Waals surface area contributed by atoms with E-state index in [-0.39, 0.29) is 11.3 Å². The summed E-state index contributed by atoms with van der Waals surface area (Å²) in [6.07, 6.45) is 5.88. The van der Waals surface area contributed by atoms with Crippen LogP contribution < -0.4 is 10.1 Å². The molecule has 4 nitrogen and oxygen atoms in total. The zero-order chi connectivity index (χ0) is 17.5. The Kier molecular flexibility index (Phi) is 6.62. The van der Waals surface area contributed by atoms with Gasteiger partial charge in [0.25, 0.3) is 0 Å². The number of para-hydroxylation sites is 1. The topological polar surface area (TPSA) is 33.7 Å². The summed E-state index contributed by atoms with van der Waals surface area (Å²) in [6.45, 7) is 2.46. The summed E-state index contributed by atoms with van der Waals surface area (Å²) < 4.78 is 35.3. The predicted octanol–water partition coefficient (Wildman–Crippen LogP) is 3.41. The molecule has 25 heavy (non-hydrogen) atoms. The number of nitrogens with one attached hydrogen (secondary N) is 1. The van der Waals surface area contributed by atoms with Gasteiger partial charge in [-0.05, 0) is 44.8 Å². The number of ether oxygens (including phenoxy) is 2. The van der Waals surface area contributed by atoms with E-state index in [1.54, 1.807) is 12.1 Å². The minimum atomic E-state index is -2.80. The number of hydrogen-bond acceptors (Lipinski definition) is 4. The van der Waals surface area contributed by atoms with Crippen LogP contribution >= 0.6 is 0 Å². The maximum Gasteiger partial charge on any atom is 0.387 e. The summed E-state index contributed by atoms with van der Waals surface area (Å²) in [6, 6.07) is 7.00. The number of hydrogen-bond donors (Lipinski definition) is 1. The van der Waals surface area contributed by atoms with Crippen molar-refractivity contribution < 1.29 is 18.3 Å². The molecule has 0 saturated carbocycles. The molecule has 2 fully saturated rings. The molecule has 1 aromatic rings. The van der Waals surface area contributed by atoms with Gasteiger partial charge in [0.15, 0.2) is 0 Å². The average Bonchev–Trinajstić information content (AvgIpc) is 2.64. The molecular formula is C19H28F2N2O2. The lowest BCUT2D eigenvalue weighted by Gasteiger charge is -2.48. The van der Waals surface area contributed by atoms with Gasteiger partial charge in [0.05, 0.1) is 0 Å². The predicted molar refractivity (Wildman–Crippen MR) is 93.0 cm³/mol. The van der Waals surface area contributed by atoms with E-state index in [0.717, 1.165) is 51.3 Å². The Bertz CT molecular complexity index is 530. The Morgan fingerprint density at radius 2 is 1.84 bits per heavy atom. The molecule has 2 saturated heterocycles. The van der Waals surface area contributed by atoms with Crippen molar-refractivity contribution in [3.8, 4) is 5.75 Å². The highest BCUT2D eigenvalue weighted by Gasteiger charge is 2.38. The van der Waals surface area contributed by atoms with Crippen LogP contribution in [0.4, 0.5) is 8.78 Å². The lowest BCUT2D eigenvalue weighted by molar-refractivity contribution is -0.0507. The number of nitrogens with zero attached hydrogens (tertiary/aromatic N) is 1. The van der Waals surface area contributed by atoms with Crippen LogP contribution in [0.1, 0.15) is 37.7 Å². The maximum absolute atomic E-state index is 12.6. The summed E-state index contributed by atoms with van der Waals surface area (Å²) in [5, 5.41) is 3.50.